The fourth-order valence-corrected chi connectivity index (χ4v) is 2.76. The SMILES string of the molecule is Cc1cc(Cn2cc3c(C(=O)NCCCO)nccc3n2)nnc1OCC(F)(F)C(F)F. The summed E-state index contributed by atoms with van der Waals surface area (Å²) in [6, 6.07) is 3.14. The van der Waals surface area contributed by atoms with Crippen LogP contribution in [0.15, 0.2) is 24.5 Å². The molecule has 0 atom stereocenters. The van der Waals surface area contributed by atoms with Gasteiger partial charge >= 0.3 is 12.3 Å². The van der Waals surface area contributed by atoms with Gasteiger partial charge in [0.1, 0.15) is 5.69 Å². The lowest BCUT2D eigenvalue weighted by atomic mass is 10.2. The van der Waals surface area contributed by atoms with Crippen LogP contribution in [0.2, 0.25) is 0 Å². The number of aliphatic hydroxyl groups excluding tert-OH is 1. The predicted octanol–water partition coefficient (Wildman–Crippen LogP) is 1.97. The number of aryl methyl sites for hydroxylation is 1. The first kappa shape index (κ1) is 23.3. The van der Waals surface area contributed by atoms with Crippen molar-refractivity contribution in [3.8, 4) is 5.88 Å². The number of hydrogen-bond acceptors (Lipinski definition) is 7. The molecule has 3 aromatic heterocycles. The van der Waals surface area contributed by atoms with E-state index in [4.69, 9.17) is 9.84 Å². The van der Waals surface area contributed by atoms with Crippen molar-refractivity contribution in [2.75, 3.05) is 19.8 Å². The van der Waals surface area contributed by atoms with E-state index in [1.165, 1.54) is 23.9 Å². The second kappa shape index (κ2) is 9.85. The van der Waals surface area contributed by atoms with Crippen molar-refractivity contribution in [3.05, 3.63) is 41.5 Å². The number of aromatic nitrogens is 5. The Balaban J connectivity index is 1.73. The molecule has 0 aliphatic rings. The van der Waals surface area contributed by atoms with Gasteiger partial charge in [-0.3, -0.25) is 14.5 Å². The third-order valence-electron chi connectivity index (χ3n) is 4.35. The number of rotatable bonds is 10. The highest BCUT2D eigenvalue weighted by molar-refractivity contribution is 6.04. The molecule has 0 unspecified atom stereocenters. The van der Waals surface area contributed by atoms with Gasteiger partial charge in [-0.2, -0.15) is 13.9 Å². The number of alkyl halides is 4. The van der Waals surface area contributed by atoms with E-state index in [0.717, 1.165) is 0 Å². The minimum absolute atomic E-state index is 0.0469. The molecule has 32 heavy (non-hydrogen) atoms. The van der Waals surface area contributed by atoms with Crippen molar-refractivity contribution < 1.29 is 32.2 Å². The van der Waals surface area contributed by atoms with E-state index in [1.807, 2.05) is 0 Å². The molecule has 1 amide bonds. The Hall–Kier alpha value is -3.35. The molecule has 0 aromatic carbocycles. The second-order valence-corrected chi connectivity index (χ2v) is 6.93. The molecule has 9 nitrogen and oxygen atoms in total. The number of carbonyl (C=O) groups is 1. The number of nitrogens with zero attached hydrogens (tertiary/aromatic N) is 5. The number of carbonyl (C=O) groups excluding carboxylic acids is 1. The van der Waals surface area contributed by atoms with Crippen LogP contribution in [0.1, 0.15) is 28.2 Å². The lowest BCUT2D eigenvalue weighted by molar-refractivity contribution is -0.148. The monoisotopic (exact) mass is 456 g/mol. The molecular formula is C19H20F4N6O3. The summed E-state index contributed by atoms with van der Waals surface area (Å²) in [7, 11) is 0. The lowest BCUT2D eigenvalue weighted by Gasteiger charge is -2.16. The topological polar surface area (TPSA) is 115 Å². The normalized spacial score (nSPS) is 11.8. The zero-order chi connectivity index (χ0) is 23.3. The lowest BCUT2D eigenvalue weighted by Crippen LogP contribution is -2.34. The van der Waals surface area contributed by atoms with Gasteiger partial charge < -0.3 is 15.2 Å². The van der Waals surface area contributed by atoms with Crippen LogP contribution in [0.5, 0.6) is 5.88 Å². The first-order chi connectivity index (χ1) is 15.2. The zero-order valence-corrected chi connectivity index (χ0v) is 16.9. The number of aliphatic hydroxyl groups is 1. The van der Waals surface area contributed by atoms with Crippen molar-refractivity contribution in [2.45, 2.75) is 32.2 Å². The fraction of sp³-hybridized carbons (Fsp3) is 0.421. The van der Waals surface area contributed by atoms with Gasteiger partial charge in [-0.05, 0) is 25.5 Å². The summed E-state index contributed by atoms with van der Waals surface area (Å²) in [6.07, 6.45) is -0.377. The first-order valence-corrected chi connectivity index (χ1v) is 9.54. The Morgan fingerprint density at radius 3 is 2.81 bits per heavy atom. The van der Waals surface area contributed by atoms with Crippen molar-refractivity contribution in [1.82, 2.24) is 30.3 Å². The largest absolute Gasteiger partial charge is 0.470 e. The molecule has 172 valence electrons. The maximum atomic E-state index is 13.0. The molecule has 13 heteroatoms. The Kier molecular flexibility index (Phi) is 7.18. The summed E-state index contributed by atoms with van der Waals surface area (Å²) in [5, 5.41) is 23.9. The molecular weight excluding hydrogens is 436 g/mol. The maximum absolute atomic E-state index is 13.0. The first-order valence-electron chi connectivity index (χ1n) is 9.54. The fourth-order valence-electron chi connectivity index (χ4n) is 2.76. The van der Waals surface area contributed by atoms with Crippen LogP contribution in [0.25, 0.3) is 10.9 Å². The van der Waals surface area contributed by atoms with E-state index in [2.05, 4.69) is 25.6 Å². The molecule has 0 aliphatic heterocycles. The Morgan fingerprint density at radius 1 is 1.34 bits per heavy atom. The summed E-state index contributed by atoms with van der Waals surface area (Å²) >= 11 is 0. The van der Waals surface area contributed by atoms with Crippen molar-refractivity contribution in [3.63, 3.8) is 0 Å². The molecule has 0 bridgehead atoms. The summed E-state index contributed by atoms with van der Waals surface area (Å²) < 4.78 is 56.8. The molecule has 2 N–H and O–H groups in total. The molecule has 3 heterocycles. The molecule has 0 saturated carbocycles. The van der Waals surface area contributed by atoms with E-state index in [-0.39, 0.29) is 24.7 Å². The molecule has 3 rings (SSSR count). The number of nitrogens with one attached hydrogen (secondary N) is 1. The molecule has 0 spiro atoms. The van der Waals surface area contributed by atoms with Gasteiger partial charge in [0.2, 0.25) is 5.88 Å². The van der Waals surface area contributed by atoms with E-state index in [1.54, 1.807) is 12.3 Å². The van der Waals surface area contributed by atoms with E-state index >= 15 is 0 Å². The van der Waals surface area contributed by atoms with Gasteiger partial charge in [0.15, 0.2) is 6.61 Å². The average Bonchev–Trinajstić information content (AvgIpc) is 3.15. The minimum Gasteiger partial charge on any atom is -0.470 e. The summed E-state index contributed by atoms with van der Waals surface area (Å²) in [4.78, 5) is 16.4. The Bertz CT molecular complexity index is 1090. The molecule has 3 aromatic rings. The van der Waals surface area contributed by atoms with Crippen LogP contribution in [0.4, 0.5) is 17.6 Å². The smallest absolute Gasteiger partial charge is 0.340 e. The summed E-state index contributed by atoms with van der Waals surface area (Å²) in [5.74, 6) is -4.97. The standard InChI is InChI=1S/C19H20F4N6O3/c1-11-7-12(26-27-17(11)32-10-19(22,23)18(20)21)8-29-9-13-14(28-29)3-5-24-15(13)16(31)25-4-2-6-30/h3,5,7,9,18,30H,2,4,6,8,10H2,1H3,(H,25,31). The minimum atomic E-state index is -4.29. The van der Waals surface area contributed by atoms with Gasteiger partial charge in [-0.15, -0.1) is 10.2 Å². The highest BCUT2D eigenvalue weighted by Crippen LogP contribution is 2.25. The van der Waals surface area contributed by atoms with Crippen molar-refractivity contribution in [2.24, 2.45) is 0 Å². The highest BCUT2D eigenvalue weighted by atomic mass is 19.3. The maximum Gasteiger partial charge on any atom is 0.340 e. The van der Waals surface area contributed by atoms with E-state index < -0.39 is 24.9 Å². The number of hydrogen-bond donors (Lipinski definition) is 2. The number of fused-ring (bicyclic) bond motifs is 1. The molecule has 0 saturated heterocycles. The summed E-state index contributed by atoms with van der Waals surface area (Å²) in [5.41, 5.74) is 1.44. The van der Waals surface area contributed by atoms with Gasteiger partial charge in [0, 0.05) is 31.1 Å². The van der Waals surface area contributed by atoms with E-state index in [0.29, 0.717) is 35.1 Å². The Labute approximate surface area is 179 Å². The van der Waals surface area contributed by atoms with E-state index in [9.17, 15) is 22.4 Å². The summed E-state index contributed by atoms with van der Waals surface area (Å²) in [6.45, 7) is 0.400. The van der Waals surface area contributed by atoms with Gasteiger partial charge in [0.05, 0.1) is 23.1 Å². The quantitative estimate of drug-likeness (QED) is 0.354. The number of ether oxygens (including phenoxy) is 1. The van der Waals surface area contributed by atoms with Crippen LogP contribution in [0, 0.1) is 6.92 Å². The van der Waals surface area contributed by atoms with Gasteiger partial charge in [-0.25, -0.2) is 8.78 Å². The Morgan fingerprint density at radius 2 is 2.12 bits per heavy atom. The molecule has 0 aliphatic carbocycles. The van der Waals surface area contributed by atoms with Crippen molar-refractivity contribution in [1.29, 1.82) is 0 Å². The van der Waals surface area contributed by atoms with Crippen molar-refractivity contribution >= 4 is 16.8 Å². The number of pyridine rings is 1. The average molecular weight is 456 g/mol. The van der Waals surface area contributed by atoms with Crippen LogP contribution in [-0.4, -0.2) is 68.1 Å². The molecule has 0 fully saturated rings. The van der Waals surface area contributed by atoms with Crippen LogP contribution < -0.4 is 10.1 Å². The number of amides is 1. The molecule has 0 radical (unpaired) electrons. The third-order valence-corrected chi connectivity index (χ3v) is 4.35. The van der Waals surface area contributed by atoms with Crippen LogP contribution in [-0.2, 0) is 6.54 Å². The van der Waals surface area contributed by atoms with Gasteiger partial charge in [0.25, 0.3) is 5.91 Å². The second-order valence-electron chi connectivity index (χ2n) is 6.93. The third kappa shape index (κ3) is 5.46. The predicted molar refractivity (Wildman–Crippen MR) is 104 cm³/mol. The highest BCUT2D eigenvalue weighted by Gasteiger charge is 2.42. The number of halogens is 4. The zero-order valence-electron chi connectivity index (χ0n) is 16.9. The van der Waals surface area contributed by atoms with Crippen LogP contribution >= 0.6 is 0 Å². The van der Waals surface area contributed by atoms with Gasteiger partial charge in [-0.1, -0.05) is 0 Å². The van der Waals surface area contributed by atoms with Crippen LogP contribution in [0.3, 0.4) is 0 Å².